The molecule has 1 aliphatic heterocycles. The van der Waals surface area contributed by atoms with Gasteiger partial charge in [-0.25, -0.2) is 0 Å². The van der Waals surface area contributed by atoms with E-state index in [9.17, 15) is 14.7 Å². The third-order valence-corrected chi connectivity index (χ3v) is 4.97. The summed E-state index contributed by atoms with van der Waals surface area (Å²) in [5.41, 5.74) is -0.268. The van der Waals surface area contributed by atoms with Gasteiger partial charge in [-0.05, 0) is 32.8 Å². The van der Waals surface area contributed by atoms with Gasteiger partial charge in [-0.2, -0.15) is 0 Å². The molecule has 0 spiro atoms. The molecule has 1 aromatic carbocycles. The highest BCUT2D eigenvalue weighted by Crippen LogP contribution is 2.45. The van der Waals surface area contributed by atoms with Crippen molar-refractivity contribution in [3.05, 3.63) is 29.8 Å². The minimum Gasteiger partial charge on any atom is -0.487 e. The van der Waals surface area contributed by atoms with Crippen LogP contribution in [0.15, 0.2) is 24.3 Å². The predicted molar refractivity (Wildman–Crippen MR) is 85.2 cm³/mol. The van der Waals surface area contributed by atoms with Gasteiger partial charge in [-0.1, -0.05) is 24.6 Å². The standard InChI is InChI=1S/C18H23NO4/c1-17(2)10-13(12-6-3-4-7-14(12)23-17)19-15(20)11-18(16(21)22)8-5-9-18/h3-4,6-7,13H,5,8-11H2,1-2H3,(H,19,20)(H,21,22). The molecule has 0 saturated heterocycles. The molecular weight excluding hydrogens is 294 g/mol. The molecule has 0 bridgehead atoms. The number of para-hydroxylation sites is 1. The lowest BCUT2D eigenvalue weighted by molar-refractivity contribution is -0.157. The van der Waals surface area contributed by atoms with E-state index in [1.807, 2.05) is 38.1 Å². The number of carbonyl (C=O) groups is 2. The Morgan fingerprint density at radius 2 is 2.00 bits per heavy atom. The lowest BCUT2D eigenvalue weighted by atomic mass is 9.66. The van der Waals surface area contributed by atoms with Gasteiger partial charge in [0.1, 0.15) is 11.4 Å². The van der Waals surface area contributed by atoms with Crippen molar-refractivity contribution < 1.29 is 19.4 Å². The summed E-state index contributed by atoms with van der Waals surface area (Å²) in [5, 5.41) is 12.4. The van der Waals surface area contributed by atoms with E-state index in [1.54, 1.807) is 0 Å². The maximum Gasteiger partial charge on any atom is 0.310 e. The smallest absolute Gasteiger partial charge is 0.310 e. The van der Waals surface area contributed by atoms with E-state index in [2.05, 4.69) is 5.32 Å². The molecule has 1 aliphatic carbocycles. The number of hydrogen-bond acceptors (Lipinski definition) is 3. The SMILES string of the molecule is CC1(C)CC(NC(=O)CC2(C(=O)O)CCC2)c2ccccc2O1. The Labute approximate surface area is 136 Å². The molecule has 2 N–H and O–H groups in total. The summed E-state index contributed by atoms with van der Waals surface area (Å²) >= 11 is 0. The molecule has 1 amide bonds. The first-order valence-electron chi connectivity index (χ1n) is 8.12. The van der Waals surface area contributed by atoms with Crippen molar-refractivity contribution in [1.29, 1.82) is 0 Å². The molecule has 124 valence electrons. The Hall–Kier alpha value is -2.04. The number of carboxylic acids is 1. The van der Waals surface area contributed by atoms with Gasteiger partial charge in [-0.3, -0.25) is 9.59 Å². The maximum absolute atomic E-state index is 12.4. The maximum atomic E-state index is 12.4. The van der Waals surface area contributed by atoms with E-state index in [-0.39, 0.29) is 24.0 Å². The molecule has 0 aromatic heterocycles. The van der Waals surface area contributed by atoms with Crippen LogP contribution in [-0.2, 0) is 9.59 Å². The summed E-state index contributed by atoms with van der Waals surface area (Å²) in [6.07, 6.45) is 2.78. The van der Waals surface area contributed by atoms with Crippen LogP contribution in [0.3, 0.4) is 0 Å². The highest BCUT2D eigenvalue weighted by atomic mass is 16.5. The average Bonchev–Trinajstić information content (AvgIpc) is 2.41. The van der Waals surface area contributed by atoms with Crippen LogP contribution < -0.4 is 10.1 Å². The van der Waals surface area contributed by atoms with Crippen LogP contribution in [0.2, 0.25) is 0 Å². The third kappa shape index (κ3) is 3.05. The van der Waals surface area contributed by atoms with Crippen molar-refractivity contribution in [3.8, 4) is 5.75 Å². The Morgan fingerprint density at radius 1 is 1.30 bits per heavy atom. The average molecular weight is 317 g/mol. The van der Waals surface area contributed by atoms with Crippen LogP contribution in [0.4, 0.5) is 0 Å². The lowest BCUT2D eigenvalue weighted by Gasteiger charge is -2.40. The number of hydrogen-bond donors (Lipinski definition) is 2. The summed E-state index contributed by atoms with van der Waals surface area (Å²) in [7, 11) is 0. The zero-order valence-corrected chi connectivity index (χ0v) is 13.6. The number of carbonyl (C=O) groups excluding carboxylic acids is 1. The van der Waals surface area contributed by atoms with Crippen LogP contribution >= 0.6 is 0 Å². The topological polar surface area (TPSA) is 75.6 Å². The summed E-state index contributed by atoms with van der Waals surface area (Å²) in [6.45, 7) is 3.99. The van der Waals surface area contributed by atoms with Crippen LogP contribution in [0, 0.1) is 5.41 Å². The van der Waals surface area contributed by atoms with Crippen molar-refractivity contribution in [2.24, 2.45) is 5.41 Å². The minimum atomic E-state index is -0.857. The number of amides is 1. The Morgan fingerprint density at radius 3 is 2.61 bits per heavy atom. The molecule has 2 aliphatic rings. The van der Waals surface area contributed by atoms with Gasteiger partial charge in [0.15, 0.2) is 0 Å². The Bertz CT molecular complexity index is 634. The highest BCUT2D eigenvalue weighted by Gasteiger charge is 2.46. The Kier molecular flexibility index (Phi) is 3.82. The molecule has 1 fully saturated rings. The molecule has 1 aromatic rings. The molecule has 0 radical (unpaired) electrons. The van der Waals surface area contributed by atoms with Gasteiger partial charge >= 0.3 is 5.97 Å². The van der Waals surface area contributed by atoms with Gasteiger partial charge in [0.05, 0.1) is 11.5 Å². The van der Waals surface area contributed by atoms with E-state index in [0.29, 0.717) is 19.3 Å². The number of carboxylic acid groups (broad SMARTS) is 1. The van der Waals surface area contributed by atoms with Gasteiger partial charge < -0.3 is 15.2 Å². The lowest BCUT2D eigenvalue weighted by Crippen LogP contribution is -2.45. The molecule has 1 saturated carbocycles. The van der Waals surface area contributed by atoms with E-state index in [4.69, 9.17) is 4.74 Å². The first-order chi connectivity index (χ1) is 10.8. The number of fused-ring (bicyclic) bond motifs is 1. The van der Waals surface area contributed by atoms with Crippen molar-refractivity contribution in [3.63, 3.8) is 0 Å². The molecule has 1 atom stereocenters. The van der Waals surface area contributed by atoms with Gasteiger partial charge in [0.2, 0.25) is 5.91 Å². The van der Waals surface area contributed by atoms with E-state index in [1.165, 1.54) is 0 Å². The molecular formula is C18H23NO4. The number of rotatable bonds is 4. The van der Waals surface area contributed by atoms with E-state index >= 15 is 0 Å². The van der Waals surface area contributed by atoms with Crippen LogP contribution in [0.5, 0.6) is 5.75 Å². The molecule has 3 rings (SSSR count). The van der Waals surface area contributed by atoms with Crippen LogP contribution in [-0.4, -0.2) is 22.6 Å². The van der Waals surface area contributed by atoms with Crippen molar-refractivity contribution >= 4 is 11.9 Å². The summed E-state index contributed by atoms with van der Waals surface area (Å²) < 4.78 is 5.96. The zero-order valence-electron chi connectivity index (χ0n) is 13.6. The van der Waals surface area contributed by atoms with Crippen molar-refractivity contribution in [2.45, 2.75) is 57.6 Å². The van der Waals surface area contributed by atoms with Gasteiger partial charge in [0.25, 0.3) is 0 Å². The zero-order chi connectivity index (χ0) is 16.7. The quantitative estimate of drug-likeness (QED) is 0.895. The fraction of sp³-hybridized carbons (Fsp3) is 0.556. The summed E-state index contributed by atoms with van der Waals surface area (Å²) in [6, 6.07) is 7.54. The second-order valence-electron chi connectivity index (χ2n) is 7.34. The fourth-order valence-corrected chi connectivity index (χ4v) is 3.55. The largest absolute Gasteiger partial charge is 0.487 e. The minimum absolute atomic E-state index is 0.0578. The second-order valence-corrected chi connectivity index (χ2v) is 7.34. The van der Waals surface area contributed by atoms with Gasteiger partial charge in [-0.15, -0.1) is 0 Å². The first-order valence-corrected chi connectivity index (χ1v) is 8.12. The highest BCUT2D eigenvalue weighted by molar-refractivity contribution is 5.86. The van der Waals surface area contributed by atoms with Crippen molar-refractivity contribution in [1.82, 2.24) is 5.32 Å². The monoisotopic (exact) mass is 317 g/mol. The van der Waals surface area contributed by atoms with Crippen LogP contribution in [0.25, 0.3) is 0 Å². The molecule has 1 heterocycles. The molecule has 23 heavy (non-hydrogen) atoms. The number of benzene rings is 1. The number of aliphatic carboxylic acids is 1. The third-order valence-electron chi connectivity index (χ3n) is 4.97. The second kappa shape index (κ2) is 5.55. The van der Waals surface area contributed by atoms with E-state index < -0.39 is 11.4 Å². The number of nitrogens with one attached hydrogen (secondary N) is 1. The summed E-state index contributed by atoms with van der Waals surface area (Å²) in [5.74, 6) is -0.262. The number of ether oxygens (including phenoxy) is 1. The predicted octanol–water partition coefficient (Wildman–Crippen LogP) is 3.05. The first kappa shape index (κ1) is 15.8. The molecule has 5 heteroatoms. The van der Waals surface area contributed by atoms with E-state index in [0.717, 1.165) is 17.7 Å². The van der Waals surface area contributed by atoms with Crippen molar-refractivity contribution in [2.75, 3.05) is 0 Å². The summed E-state index contributed by atoms with van der Waals surface area (Å²) in [4.78, 5) is 23.9. The fourth-order valence-electron chi connectivity index (χ4n) is 3.55. The molecule has 1 unspecified atom stereocenters. The Balaban J connectivity index is 1.74. The normalized spacial score (nSPS) is 23.8. The van der Waals surface area contributed by atoms with Gasteiger partial charge in [0, 0.05) is 18.4 Å². The molecule has 5 nitrogen and oxygen atoms in total. The van der Waals surface area contributed by atoms with Crippen LogP contribution in [0.1, 0.15) is 57.6 Å².